The van der Waals surface area contributed by atoms with Crippen LogP contribution in [0.25, 0.3) is 5.70 Å². The quantitative estimate of drug-likeness (QED) is 0.406. The van der Waals surface area contributed by atoms with Crippen molar-refractivity contribution in [1.82, 2.24) is 0 Å². The Morgan fingerprint density at radius 2 is 1.87 bits per heavy atom. The van der Waals surface area contributed by atoms with Crippen molar-refractivity contribution in [2.75, 3.05) is 12.0 Å². The lowest BCUT2D eigenvalue weighted by Crippen LogP contribution is -2.35. The molecule has 0 bridgehead atoms. The van der Waals surface area contributed by atoms with Crippen LogP contribution in [-0.4, -0.2) is 12.3 Å². The van der Waals surface area contributed by atoms with Crippen LogP contribution >= 0.6 is 27.7 Å². The molecule has 1 aliphatic carbocycles. The fourth-order valence-electron chi connectivity index (χ4n) is 4.66. The van der Waals surface area contributed by atoms with Gasteiger partial charge < -0.3 is 9.64 Å². The summed E-state index contributed by atoms with van der Waals surface area (Å²) in [6.45, 7) is 0. The minimum atomic E-state index is 0.140. The number of aliphatic imine (C=N–C) groups is 1. The molecule has 1 unspecified atom stereocenters. The summed E-state index contributed by atoms with van der Waals surface area (Å²) in [5.74, 6) is 0.881. The van der Waals surface area contributed by atoms with Crippen molar-refractivity contribution >= 4 is 44.2 Å². The summed E-state index contributed by atoms with van der Waals surface area (Å²) in [6, 6.07) is 23.9. The number of hydrogen-bond acceptors (Lipinski definition) is 4. The zero-order valence-corrected chi connectivity index (χ0v) is 18.8. The third-order valence-electron chi connectivity index (χ3n) is 6.06. The smallest absolute Gasteiger partial charge is 0.174 e. The molecule has 148 valence electrons. The van der Waals surface area contributed by atoms with Crippen molar-refractivity contribution in [3.8, 4) is 5.75 Å². The predicted molar refractivity (Wildman–Crippen MR) is 127 cm³/mol. The maximum atomic E-state index is 5.41. The number of nitrogens with zero attached hydrogens (tertiary/aromatic N) is 2. The number of aryl methyl sites for hydroxylation is 1. The lowest BCUT2D eigenvalue weighted by atomic mass is 9.82. The molecule has 1 atom stereocenters. The SMILES string of the molecule is COc1ccc(C2C3=C(N=C4Sc5cc(Br)ccc5N42)c2ccccc2CC3)cc1. The first-order valence-electron chi connectivity index (χ1n) is 10.0. The van der Waals surface area contributed by atoms with Crippen LogP contribution < -0.4 is 9.64 Å². The Hall–Kier alpha value is -2.50. The molecular formula is C25H19BrN2OS. The number of amidine groups is 1. The Labute approximate surface area is 188 Å². The van der Waals surface area contributed by atoms with E-state index in [-0.39, 0.29) is 6.04 Å². The second-order valence-corrected chi connectivity index (χ2v) is 9.61. The van der Waals surface area contributed by atoms with Crippen molar-refractivity contribution in [2.24, 2.45) is 4.99 Å². The Kier molecular flexibility index (Phi) is 4.29. The van der Waals surface area contributed by atoms with Gasteiger partial charge >= 0.3 is 0 Å². The van der Waals surface area contributed by atoms with E-state index in [4.69, 9.17) is 9.73 Å². The van der Waals surface area contributed by atoms with E-state index in [9.17, 15) is 0 Å². The van der Waals surface area contributed by atoms with Gasteiger partial charge in [-0.2, -0.15) is 0 Å². The summed E-state index contributed by atoms with van der Waals surface area (Å²) in [7, 11) is 1.71. The van der Waals surface area contributed by atoms with Gasteiger partial charge in [0.05, 0.1) is 24.5 Å². The van der Waals surface area contributed by atoms with Crippen molar-refractivity contribution in [3.63, 3.8) is 0 Å². The normalized spacial score (nSPS) is 18.9. The highest BCUT2D eigenvalue weighted by Crippen LogP contribution is 2.53. The summed E-state index contributed by atoms with van der Waals surface area (Å²) in [5.41, 5.74) is 7.73. The number of benzene rings is 3. The molecule has 0 saturated carbocycles. The van der Waals surface area contributed by atoms with Crippen LogP contribution in [0.4, 0.5) is 5.69 Å². The van der Waals surface area contributed by atoms with Gasteiger partial charge in [0.1, 0.15) is 5.75 Å². The second-order valence-electron chi connectivity index (χ2n) is 7.69. The highest BCUT2D eigenvalue weighted by atomic mass is 79.9. The third-order valence-corrected chi connectivity index (χ3v) is 7.57. The van der Waals surface area contributed by atoms with E-state index < -0.39 is 0 Å². The van der Waals surface area contributed by atoms with Crippen LogP contribution in [-0.2, 0) is 6.42 Å². The van der Waals surface area contributed by atoms with E-state index in [1.165, 1.54) is 32.8 Å². The molecule has 0 radical (unpaired) electrons. The van der Waals surface area contributed by atoms with Crippen LogP contribution in [0, 0.1) is 0 Å². The minimum absolute atomic E-state index is 0.140. The van der Waals surface area contributed by atoms with Gasteiger partial charge in [-0.15, -0.1) is 0 Å². The number of halogens is 1. The molecule has 3 aromatic carbocycles. The molecule has 3 nitrogen and oxygen atoms in total. The standard InChI is InChI=1S/C25H19BrN2OS/c1-29-18-10-6-16(7-11-18)24-20-12-8-15-4-2-3-5-19(15)23(20)27-25-28(24)21-13-9-17(26)14-22(21)30-25/h2-7,9-11,13-14,24H,8,12H2,1H3. The van der Waals surface area contributed by atoms with E-state index >= 15 is 0 Å². The first-order chi connectivity index (χ1) is 14.7. The maximum Gasteiger partial charge on any atom is 0.174 e. The number of methoxy groups -OCH3 is 1. The van der Waals surface area contributed by atoms with E-state index in [0.717, 1.165) is 33.9 Å². The van der Waals surface area contributed by atoms with E-state index in [0.29, 0.717) is 0 Å². The van der Waals surface area contributed by atoms with E-state index in [1.54, 1.807) is 18.9 Å². The fourth-order valence-corrected chi connectivity index (χ4v) is 6.27. The highest BCUT2D eigenvalue weighted by Gasteiger charge is 2.41. The van der Waals surface area contributed by atoms with Crippen molar-refractivity contribution in [3.05, 3.63) is 93.5 Å². The average molecular weight is 475 g/mol. The third kappa shape index (κ3) is 2.76. The van der Waals surface area contributed by atoms with Crippen molar-refractivity contribution in [1.29, 1.82) is 0 Å². The largest absolute Gasteiger partial charge is 0.497 e. The molecule has 0 spiro atoms. The molecule has 6 rings (SSSR count). The molecule has 3 aromatic rings. The van der Waals surface area contributed by atoms with Gasteiger partial charge in [-0.05, 0) is 71.6 Å². The molecular weight excluding hydrogens is 456 g/mol. The lowest BCUT2D eigenvalue weighted by Gasteiger charge is -2.38. The number of rotatable bonds is 2. The molecule has 0 N–H and O–H groups in total. The van der Waals surface area contributed by atoms with Crippen LogP contribution in [0.2, 0.25) is 0 Å². The predicted octanol–water partition coefficient (Wildman–Crippen LogP) is 6.84. The first kappa shape index (κ1) is 18.3. The molecule has 0 aromatic heterocycles. The zero-order chi connectivity index (χ0) is 20.2. The van der Waals surface area contributed by atoms with Crippen LogP contribution in [0.15, 0.2) is 86.7 Å². The van der Waals surface area contributed by atoms with Crippen LogP contribution in [0.1, 0.15) is 29.2 Å². The van der Waals surface area contributed by atoms with Gasteiger partial charge in [-0.3, -0.25) is 0 Å². The second kappa shape index (κ2) is 7.03. The minimum Gasteiger partial charge on any atom is -0.497 e. The first-order valence-corrected chi connectivity index (χ1v) is 11.6. The van der Waals surface area contributed by atoms with Crippen molar-refractivity contribution in [2.45, 2.75) is 23.8 Å². The number of ether oxygens (including phenoxy) is 1. The van der Waals surface area contributed by atoms with Crippen molar-refractivity contribution < 1.29 is 4.74 Å². The molecule has 30 heavy (non-hydrogen) atoms. The topological polar surface area (TPSA) is 24.8 Å². The number of fused-ring (bicyclic) bond motifs is 5. The Bertz CT molecular complexity index is 1230. The van der Waals surface area contributed by atoms with Gasteiger partial charge in [-0.1, -0.05) is 52.3 Å². The number of anilines is 1. The van der Waals surface area contributed by atoms with Crippen LogP contribution in [0.5, 0.6) is 5.75 Å². The Morgan fingerprint density at radius 1 is 1.03 bits per heavy atom. The molecule has 2 heterocycles. The summed E-state index contributed by atoms with van der Waals surface area (Å²) >= 11 is 5.38. The van der Waals surface area contributed by atoms with Gasteiger partial charge in [0.15, 0.2) is 5.17 Å². The monoisotopic (exact) mass is 474 g/mol. The summed E-state index contributed by atoms with van der Waals surface area (Å²) < 4.78 is 6.50. The molecule has 0 fully saturated rings. The molecule has 0 amide bonds. The summed E-state index contributed by atoms with van der Waals surface area (Å²) in [5, 5.41) is 1.05. The van der Waals surface area contributed by atoms with Gasteiger partial charge in [0.25, 0.3) is 0 Å². The average Bonchev–Trinajstić information content (AvgIpc) is 3.14. The molecule has 0 saturated heterocycles. The molecule has 3 aliphatic rings. The molecule has 5 heteroatoms. The summed E-state index contributed by atoms with van der Waals surface area (Å²) in [6.07, 6.45) is 2.08. The lowest BCUT2D eigenvalue weighted by molar-refractivity contribution is 0.414. The van der Waals surface area contributed by atoms with Gasteiger partial charge in [-0.25, -0.2) is 4.99 Å². The van der Waals surface area contributed by atoms with Gasteiger partial charge in [0, 0.05) is 14.9 Å². The maximum absolute atomic E-state index is 5.41. The number of hydrogen-bond donors (Lipinski definition) is 0. The number of thioether (sulfide) groups is 1. The fraction of sp³-hybridized carbons (Fsp3) is 0.160. The van der Waals surface area contributed by atoms with Crippen LogP contribution in [0.3, 0.4) is 0 Å². The Morgan fingerprint density at radius 3 is 2.70 bits per heavy atom. The summed E-state index contributed by atoms with van der Waals surface area (Å²) in [4.78, 5) is 8.87. The Balaban J connectivity index is 1.57. The van der Waals surface area contributed by atoms with Gasteiger partial charge in [0.2, 0.25) is 0 Å². The highest BCUT2D eigenvalue weighted by molar-refractivity contribution is 9.10. The zero-order valence-electron chi connectivity index (χ0n) is 16.4. The molecule has 2 aliphatic heterocycles. The van der Waals surface area contributed by atoms with E-state index in [1.807, 2.05) is 0 Å². The van der Waals surface area contributed by atoms with E-state index in [2.05, 4.69) is 87.6 Å².